The highest BCUT2D eigenvalue weighted by atomic mass is 32.2. The summed E-state index contributed by atoms with van der Waals surface area (Å²) in [6.07, 6.45) is 10.9. The van der Waals surface area contributed by atoms with Gasteiger partial charge in [0.05, 0.1) is 18.5 Å². The van der Waals surface area contributed by atoms with Crippen molar-refractivity contribution in [2.75, 3.05) is 24.6 Å². The number of hydrogen-bond acceptors (Lipinski definition) is 6. The van der Waals surface area contributed by atoms with Gasteiger partial charge >= 0.3 is 6.03 Å². The van der Waals surface area contributed by atoms with E-state index in [9.17, 15) is 19.5 Å². The summed E-state index contributed by atoms with van der Waals surface area (Å²) in [5.74, 6) is 1.79. The van der Waals surface area contributed by atoms with Gasteiger partial charge in [-0.05, 0) is 43.6 Å². The van der Waals surface area contributed by atoms with Crippen molar-refractivity contribution < 1.29 is 19.5 Å². The summed E-state index contributed by atoms with van der Waals surface area (Å²) < 4.78 is 0. The number of aromatic amines is 1. The summed E-state index contributed by atoms with van der Waals surface area (Å²) >= 11 is 1.81. The highest BCUT2D eigenvalue weighted by Gasteiger charge is 2.40. The number of nitrogens with one attached hydrogen (secondary N) is 4. The van der Waals surface area contributed by atoms with Crippen LogP contribution in [0.2, 0.25) is 0 Å². The van der Waals surface area contributed by atoms with Crippen LogP contribution in [-0.2, 0) is 22.4 Å². The number of rotatable bonds is 15. The number of hydrogen-bond donors (Lipinski definition) is 5. The van der Waals surface area contributed by atoms with Crippen molar-refractivity contribution in [2.45, 2.75) is 109 Å². The first-order chi connectivity index (χ1) is 22.1. The largest absolute Gasteiger partial charge is 0.391 e. The maximum Gasteiger partial charge on any atom is 0.318 e. The molecule has 1 aliphatic carbocycles. The van der Waals surface area contributed by atoms with Crippen LogP contribution < -0.4 is 16.0 Å². The maximum atomic E-state index is 14.3. The van der Waals surface area contributed by atoms with Gasteiger partial charge in [-0.1, -0.05) is 76.3 Å². The third-order valence-electron chi connectivity index (χ3n) is 9.33. The molecule has 1 aromatic heterocycles. The van der Waals surface area contributed by atoms with Crippen molar-refractivity contribution in [2.24, 2.45) is 11.8 Å². The van der Waals surface area contributed by atoms with E-state index in [1.165, 1.54) is 19.3 Å². The lowest BCUT2D eigenvalue weighted by Gasteiger charge is -2.36. The van der Waals surface area contributed by atoms with Crippen LogP contribution in [0.15, 0.2) is 42.9 Å². The first-order valence-corrected chi connectivity index (χ1v) is 18.2. The van der Waals surface area contributed by atoms with Crippen LogP contribution in [0.25, 0.3) is 0 Å². The second-order valence-corrected chi connectivity index (χ2v) is 14.9. The molecule has 4 atom stereocenters. The molecule has 0 radical (unpaired) electrons. The molecule has 2 aliphatic rings. The second-order valence-electron chi connectivity index (χ2n) is 13.7. The van der Waals surface area contributed by atoms with Crippen LogP contribution in [-0.4, -0.2) is 86.1 Å². The summed E-state index contributed by atoms with van der Waals surface area (Å²) in [4.78, 5) is 50.7. The standard InChI is InChI=1S/C35H54N6O4S/c1-25(2)14-15-31(42)29(20-26-10-6-4-7-11-26)38-33(44)35(3,22-28-23-36-24-37-28)40-32(43)30(21-27-12-8-5-9-13-27)39-34(45)41-16-18-46-19-17-41/h5,8-9,12-13,23-26,29-31,42H,4,6-7,10-11,14-22H2,1-3H3,(H,36,37)(H,38,44)(H,39,45)(H,40,43)/t29-,30-,31-,35-/m0/s1. The van der Waals surface area contributed by atoms with Crippen molar-refractivity contribution in [1.82, 2.24) is 30.8 Å². The van der Waals surface area contributed by atoms with Crippen molar-refractivity contribution in [3.63, 3.8) is 0 Å². The first-order valence-electron chi connectivity index (χ1n) is 17.1. The number of amides is 4. The predicted molar refractivity (Wildman–Crippen MR) is 183 cm³/mol. The number of benzene rings is 1. The Morgan fingerprint density at radius 2 is 1.78 bits per heavy atom. The van der Waals surface area contributed by atoms with Gasteiger partial charge in [0, 0.05) is 49.3 Å². The molecule has 0 bridgehead atoms. The maximum absolute atomic E-state index is 14.3. The minimum absolute atomic E-state index is 0.165. The minimum atomic E-state index is -1.38. The average molecular weight is 655 g/mol. The molecule has 0 spiro atoms. The number of urea groups is 1. The first kappa shape index (κ1) is 35.8. The molecule has 1 saturated carbocycles. The number of aromatic nitrogens is 2. The summed E-state index contributed by atoms with van der Waals surface area (Å²) in [5.41, 5.74) is 0.211. The van der Waals surface area contributed by atoms with Crippen molar-refractivity contribution >= 4 is 29.6 Å². The molecule has 11 heteroatoms. The van der Waals surface area contributed by atoms with E-state index in [1.807, 2.05) is 30.3 Å². The zero-order valence-corrected chi connectivity index (χ0v) is 28.6. The lowest BCUT2D eigenvalue weighted by Crippen LogP contribution is -2.64. The summed E-state index contributed by atoms with van der Waals surface area (Å²) in [5, 5.41) is 20.5. The van der Waals surface area contributed by atoms with E-state index in [4.69, 9.17) is 0 Å². The van der Waals surface area contributed by atoms with E-state index < -0.39 is 29.6 Å². The highest BCUT2D eigenvalue weighted by Crippen LogP contribution is 2.29. The summed E-state index contributed by atoms with van der Waals surface area (Å²) in [6.45, 7) is 7.22. The lowest BCUT2D eigenvalue weighted by molar-refractivity contribution is -0.135. The zero-order valence-electron chi connectivity index (χ0n) is 27.8. The number of aliphatic hydroxyl groups is 1. The van der Waals surface area contributed by atoms with Gasteiger partial charge in [0.2, 0.25) is 11.8 Å². The minimum Gasteiger partial charge on any atom is -0.391 e. The van der Waals surface area contributed by atoms with Gasteiger partial charge in [0.1, 0.15) is 11.6 Å². The van der Waals surface area contributed by atoms with E-state index in [0.29, 0.717) is 43.5 Å². The van der Waals surface area contributed by atoms with Crippen molar-refractivity contribution in [1.29, 1.82) is 0 Å². The number of H-pyrrole nitrogens is 1. The van der Waals surface area contributed by atoms with Gasteiger partial charge in [-0.2, -0.15) is 11.8 Å². The number of aliphatic hydroxyl groups excluding tert-OH is 1. The van der Waals surface area contributed by atoms with Gasteiger partial charge < -0.3 is 30.9 Å². The topological polar surface area (TPSA) is 139 Å². The van der Waals surface area contributed by atoms with Crippen LogP contribution in [0.3, 0.4) is 0 Å². The monoisotopic (exact) mass is 654 g/mol. The number of thioether (sulfide) groups is 1. The van der Waals surface area contributed by atoms with E-state index in [2.05, 4.69) is 39.8 Å². The fraction of sp³-hybridized carbons (Fsp3) is 0.657. The van der Waals surface area contributed by atoms with E-state index in [-0.39, 0.29) is 24.8 Å². The SMILES string of the molecule is CC(C)CC[C@H](O)[C@H](CC1CCCCC1)NC(=O)[C@](C)(Cc1cnc[nH]1)NC(=O)[C@H](Cc1ccccc1)NC(=O)N1CCSCC1. The smallest absolute Gasteiger partial charge is 0.318 e. The van der Waals surface area contributed by atoms with E-state index >= 15 is 0 Å². The van der Waals surface area contributed by atoms with Gasteiger partial charge in [-0.15, -0.1) is 0 Å². The Morgan fingerprint density at radius 1 is 1.07 bits per heavy atom. The molecule has 0 unspecified atom stereocenters. The third-order valence-corrected chi connectivity index (χ3v) is 10.3. The third kappa shape index (κ3) is 11.0. The molecule has 1 aromatic carbocycles. The molecule has 4 rings (SSSR count). The molecule has 2 fully saturated rings. The fourth-order valence-corrected chi connectivity index (χ4v) is 7.40. The Kier molecular flexibility index (Phi) is 13.8. The molecule has 10 nitrogen and oxygen atoms in total. The number of carbonyl (C=O) groups excluding carboxylic acids is 3. The Morgan fingerprint density at radius 3 is 2.43 bits per heavy atom. The van der Waals surface area contributed by atoms with Crippen LogP contribution in [0.5, 0.6) is 0 Å². The van der Waals surface area contributed by atoms with Crippen LogP contribution in [0, 0.1) is 11.8 Å². The Bertz CT molecular complexity index is 1220. The highest BCUT2D eigenvalue weighted by molar-refractivity contribution is 7.99. The van der Waals surface area contributed by atoms with Gasteiger partial charge in [0.25, 0.3) is 0 Å². The van der Waals surface area contributed by atoms with Crippen LogP contribution >= 0.6 is 11.8 Å². The normalized spacial score (nSPS) is 19.1. The Hall–Kier alpha value is -3.05. The summed E-state index contributed by atoms with van der Waals surface area (Å²) in [6, 6.07) is 7.97. The molecule has 5 N–H and O–H groups in total. The molecular weight excluding hydrogens is 600 g/mol. The summed E-state index contributed by atoms with van der Waals surface area (Å²) in [7, 11) is 0. The molecule has 254 valence electrons. The number of nitrogens with zero attached hydrogens (tertiary/aromatic N) is 2. The molecule has 2 heterocycles. The van der Waals surface area contributed by atoms with Gasteiger partial charge in [-0.25, -0.2) is 9.78 Å². The Balaban J connectivity index is 1.56. The van der Waals surface area contributed by atoms with Gasteiger partial charge in [0.15, 0.2) is 0 Å². The van der Waals surface area contributed by atoms with Crippen LogP contribution in [0.1, 0.15) is 83.4 Å². The molecular formula is C35H54N6O4S. The van der Waals surface area contributed by atoms with E-state index in [1.54, 1.807) is 36.1 Å². The molecule has 4 amide bonds. The van der Waals surface area contributed by atoms with Crippen LogP contribution in [0.4, 0.5) is 4.79 Å². The molecule has 1 saturated heterocycles. The number of carbonyl (C=O) groups is 3. The second kappa shape index (κ2) is 17.8. The number of imidazole rings is 1. The quantitative estimate of drug-likeness (QED) is 0.192. The van der Waals surface area contributed by atoms with Crippen molar-refractivity contribution in [3.05, 3.63) is 54.1 Å². The molecule has 46 heavy (non-hydrogen) atoms. The van der Waals surface area contributed by atoms with Gasteiger partial charge in [-0.3, -0.25) is 9.59 Å². The predicted octanol–water partition coefficient (Wildman–Crippen LogP) is 4.45. The Labute approximate surface area is 278 Å². The molecule has 2 aromatic rings. The molecule has 1 aliphatic heterocycles. The van der Waals surface area contributed by atoms with E-state index in [0.717, 1.165) is 36.3 Å². The fourth-order valence-electron chi connectivity index (χ4n) is 6.50. The average Bonchev–Trinajstić information content (AvgIpc) is 3.57. The zero-order chi connectivity index (χ0) is 32.9. The van der Waals surface area contributed by atoms with Crippen molar-refractivity contribution in [3.8, 4) is 0 Å². The lowest BCUT2D eigenvalue weighted by atomic mass is 9.82.